The van der Waals surface area contributed by atoms with E-state index in [0.29, 0.717) is 16.4 Å². The maximum atomic E-state index is 13.4. The Morgan fingerprint density at radius 3 is 2.85 bits per heavy atom. The number of amides is 1. The minimum atomic E-state index is -0.479. The number of pyridine rings is 1. The molecule has 1 aliphatic carbocycles. The van der Waals surface area contributed by atoms with Crippen molar-refractivity contribution in [2.24, 2.45) is 5.92 Å². The van der Waals surface area contributed by atoms with Crippen molar-refractivity contribution in [2.45, 2.75) is 38.5 Å². The summed E-state index contributed by atoms with van der Waals surface area (Å²) in [7, 11) is 0. The molecule has 2 N–H and O–H groups in total. The van der Waals surface area contributed by atoms with Crippen molar-refractivity contribution in [1.82, 2.24) is 15.2 Å². The van der Waals surface area contributed by atoms with Gasteiger partial charge in [0.1, 0.15) is 10.8 Å². The maximum absolute atomic E-state index is 13.4. The van der Waals surface area contributed by atoms with Gasteiger partial charge in [0.05, 0.1) is 11.1 Å². The molecule has 2 aromatic heterocycles. The largest absolute Gasteiger partial charge is 0.322 e. The molecule has 6 nitrogen and oxygen atoms in total. The highest BCUT2D eigenvalue weighted by molar-refractivity contribution is 7.15. The summed E-state index contributed by atoms with van der Waals surface area (Å²) in [6, 6.07) is 5.13. The molecule has 0 unspecified atom stereocenters. The van der Waals surface area contributed by atoms with Crippen LogP contribution in [0.3, 0.4) is 0 Å². The number of carbonyl (C=O) groups is 1. The molecule has 1 fully saturated rings. The van der Waals surface area contributed by atoms with Crippen LogP contribution in [0.25, 0.3) is 10.9 Å². The van der Waals surface area contributed by atoms with E-state index in [1.165, 1.54) is 67.7 Å². The number of hydrogen-bond donors (Lipinski definition) is 2. The average Bonchev–Trinajstić information content (AvgIpc) is 3.08. The van der Waals surface area contributed by atoms with Gasteiger partial charge >= 0.3 is 0 Å². The standard InChI is InChI=1S/C19H19FN4O2S/c20-12-6-7-13-14(10-16(25)21-15(13)9-12)18(26)22-19-24-23-17(27-19)8-11-4-2-1-3-5-11/h6-7,9-11H,1-5,8H2,(H,21,25)(H,22,24,26). The fraction of sp³-hybridized carbons (Fsp3) is 0.368. The van der Waals surface area contributed by atoms with Gasteiger partial charge < -0.3 is 4.98 Å². The van der Waals surface area contributed by atoms with Crippen LogP contribution in [-0.4, -0.2) is 21.1 Å². The summed E-state index contributed by atoms with van der Waals surface area (Å²) in [5.41, 5.74) is -0.00539. The minimum absolute atomic E-state index is 0.179. The van der Waals surface area contributed by atoms with Crippen LogP contribution >= 0.6 is 11.3 Å². The Balaban J connectivity index is 1.53. The molecule has 1 aliphatic rings. The van der Waals surface area contributed by atoms with Crippen LogP contribution in [0.2, 0.25) is 0 Å². The van der Waals surface area contributed by atoms with Gasteiger partial charge in [0.15, 0.2) is 0 Å². The normalized spacial score (nSPS) is 15.1. The molecule has 1 aromatic carbocycles. The van der Waals surface area contributed by atoms with Crippen molar-refractivity contribution in [3.05, 3.63) is 51.0 Å². The smallest absolute Gasteiger partial charge is 0.258 e. The third-order valence-corrected chi connectivity index (χ3v) is 5.79. The van der Waals surface area contributed by atoms with Gasteiger partial charge in [-0.2, -0.15) is 0 Å². The van der Waals surface area contributed by atoms with Crippen LogP contribution in [0.1, 0.15) is 47.5 Å². The molecule has 8 heteroatoms. The third-order valence-electron chi connectivity index (χ3n) is 4.93. The van der Waals surface area contributed by atoms with Gasteiger partial charge in [0.25, 0.3) is 5.91 Å². The van der Waals surface area contributed by atoms with Crippen molar-refractivity contribution in [3.63, 3.8) is 0 Å². The average molecular weight is 386 g/mol. The van der Waals surface area contributed by atoms with Crippen LogP contribution in [-0.2, 0) is 6.42 Å². The van der Waals surface area contributed by atoms with Gasteiger partial charge in [0, 0.05) is 17.9 Å². The molecule has 3 aromatic rings. The number of aromatic amines is 1. The highest BCUT2D eigenvalue weighted by Crippen LogP contribution is 2.29. The molecular formula is C19H19FN4O2S. The Morgan fingerprint density at radius 2 is 2.04 bits per heavy atom. The highest BCUT2D eigenvalue weighted by atomic mass is 32.1. The predicted octanol–water partition coefficient (Wildman–Crippen LogP) is 3.89. The van der Waals surface area contributed by atoms with E-state index in [0.717, 1.165) is 11.4 Å². The van der Waals surface area contributed by atoms with Gasteiger partial charge in [-0.25, -0.2) is 4.39 Å². The Morgan fingerprint density at radius 1 is 1.22 bits per heavy atom. The Kier molecular flexibility index (Phi) is 4.98. The molecule has 0 aliphatic heterocycles. The number of fused-ring (bicyclic) bond motifs is 1. The molecule has 140 valence electrons. The number of benzene rings is 1. The van der Waals surface area contributed by atoms with Gasteiger partial charge in [-0.3, -0.25) is 14.9 Å². The maximum Gasteiger partial charge on any atom is 0.258 e. The topological polar surface area (TPSA) is 87.7 Å². The molecule has 1 amide bonds. The molecule has 0 saturated heterocycles. The Hall–Kier alpha value is -2.61. The first kappa shape index (κ1) is 17.8. The van der Waals surface area contributed by atoms with E-state index in [-0.39, 0.29) is 11.1 Å². The lowest BCUT2D eigenvalue weighted by molar-refractivity contribution is 0.102. The summed E-state index contributed by atoms with van der Waals surface area (Å²) in [5.74, 6) is -0.299. The van der Waals surface area contributed by atoms with Crippen molar-refractivity contribution in [1.29, 1.82) is 0 Å². The molecule has 0 radical (unpaired) electrons. The summed E-state index contributed by atoms with van der Waals surface area (Å²) in [5, 5.41) is 12.7. The number of aromatic nitrogens is 3. The quantitative estimate of drug-likeness (QED) is 0.712. The lowest BCUT2D eigenvalue weighted by Crippen LogP contribution is -2.16. The van der Waals surface area contributed by atoms with Crippen LogP contribution in [0.15, 0.2) is 29.1 Å². The molecule has 1 saturated carbocycles. The lowest BCUT2D eigenvalue weighted by Gasteiger charge is -2.19. The fourth-order valence-electron chi connectivity index (χ4n) is 3.61. The van der Waals surface area contributed by atoms with Gasteiger partial charge in [0.2, 0.25) is 10.7 Å². The summed E-state index contributed by atoms with van der Waals surface area (Å²) in [6.45, 7) is 0. The van der Waals surface area contributed by atoms with Crippen LogP contribution in [0, 0.1) is 11.7 Å². The van der Waals surface area contributed by atoms with E-state index < -0.39 is 17.3 Å². The predicted molar refractivity (Wildman–Crippen MR) is 103 cm³/mol. The van der Waals surface area contributed by atoms with Crippen molar-refractivity contribution in [3.8, 4) is 0 Å². The number of carbonyl (C=O) groups excluding carboxylic acids is 1. The Bertz CT molecular complexity index is 1040. The van der Waals surface area contributed by atoms with E-state index in [2.05, 4.69) is 20.5 Å². The van der Waals surface area contributed by atoms with Crippen molar-refractivity contribution in [2.75, 3.05) is 5.32 Å². The van der Waals surface area contributed by atoms with E-state index >= 15 is 0 Å². The Labute approximate surface area is 158 Å². The van der Waals surface area contributed by atoms with Crippen molar-refractivity contribution >= 4 is 33.3 Å². The number of hydrogen-bond acceptors (Lipinski definition) is 5. The highest BCUT2D eigenvalue weighted by Gasteiger charge is 2.18. The number of anilines is 1. The number of rotatable bonds is 4. The van der Waals surface area contributed by atoms with Crippen LogP contribution < -0.4 is 10.9 Å². The zero-order valence-electron chi connectivity index (χ0n) is 14.6. The van der Waals surface area contributed by atoms with Crippen LogP contribution in [0.4, 0.5) is 9.52 Å². The first-order valence-corrected chi connectivity index (χ1v) is 9.86. The van der Waals surface area contributed by atoms with Crippen LogP contribution in [0.5, 0.6) is 0 Å². The zero-order valence-corrected chi connectivity index (χ0v) is 15.4. The number of H-pyrrole nitrogens is 1. The van der Waals surface area contributed by atoms with Gasteiger partial charge in [-0.05, 0) is 24.1 Å². The summed E-state index contributed by atoms with van der Waals surface area (Å²) < 4.78 is 13.4. The fourth-order valence-corrected chi connectivity index (χ4v) is 4.46. The minimum Gasteiger partial charge on any atom is -0.322 e. The lowest BCUT2D eigenvalue weighted by atomic mass is 9.87. The van der Waals surface area contributed by atoms with E-state index in [4.69, 9.17) is 0 Å². The molecule has 4 rings (SSSR count). The zero-order chi connectivity index (χ0) is 18.8. The third kappa shape index (κ3) is 4.05. The van der Waals surface area contributed by atoms with Gasteiger partial charge in [-0.15, -0.1) is 10.2 Å². The molecule has 0 bridgehead atoms. The first-order valence-electron chi connectivity index (χ1n) is 9.05. The molecule has 0 spiro atoms. The monoisotopic (exact) mass is 386 g/mol. The van der Waals surface area contributed by atoms with Gasteiger partial charge in [-0.1, -0.05) is 43.4 Å². The second-order valence-corrected chi connectivity index (χ2v) is 7.96. The SMILES string of the molecule is O=C(Nc1nnc(CC2CCCCC2)s1)c1cc(=O)[nH]c2cc(F)ccc12. The second kappa shape index (κ2) is 7.56. The molecular weight excluding hydrogens is 367 g/mol. The molecule has 2 heterocycles. The number of nitrogens with zero attached hydrogens (tertiary/aromatic N) is 2. The first-order chi connectivity index (χ1) is 13.1. The van der Waals surface area contributed by atoms with E-state index in [1.54, 1.807) is 0 Å². The van der Waals surface area contributed by atoms with E-state index in [1.807, 2.05) is 0 Å². The number of nitrogens with one attached hydrogen (secondary N) is 2. The molecule has 0 atom stereocenters. The van der Waals surface area contributed by atoms with E-state index in [9.17, 15) is 14.0 Å². The van der Waals surface area contributed by atoms with Crippen molar-refractivity contribution < 1.29 is 9.18 Å². The summed E-state index contributed by atoms with van der Waals surface area (Å²) in [6.07, 6.45) is 7.17. The second-order valence-electron chi connectivity index (χ2n) is 6.90. The molecule has 27 heavy (non-hydrogen) atoms. The summed E-state index contributed by atoms with van der Waals surface area (Å²) >= 11 is 1.36. The summed E-state index contributed by atoms with van der Waals surface area (Å²) in [4.78, 5) is 27.0. The number of halogens is 1.